The van der Waals surface area contributed by atoms with Gasteiger partial charge in [-0.1, -0.05) is 25.0 Å². The highest BCUT2D eigenvalue weighted by Crippen LogP contribution is 2.27. The number of pyridine rings is 1. The van der Waals surface area contributed by atoms with Crippen LogP contribution in [0, 0.1) is 5.92 Å². The van der Waals surface area contributed by atoms with E-state index < -0.39 is 0 Å². The first-order valence-corrected chi connectivity index (χ1v) is 8.78. The fourth-order valence-corrected chi connectivity index (χ4v) is 3.16. The van der Waals surface area contributed by atoms with E-state index in [0.717, 1.165) is 11.3 Å². The van der Waals surface area contributed by atoms with Crippen molar-refractivity contribution >= 4 is 17.5 Å². The number of rotatable bonds is 6. The average molecular weight is 337 g/mol. The zero-order chi connectivity index (χ0) is 17.5. The summed E-state index contributed by atoms with van der Waals surface area (Å²) in [4.78, 5) is 28.0. The molecule has 3 rings (SSSR count). The van der Waals surface area contributed by atoms with Crippen molar-refractivity contribution in [3.05, 3.63) is 59.9 Å². The van der Waals surface area contributed by atoms with Crippen LogP contribution in [0.15, 0.2) is 48.8 Å². The standard InChI is InChI=1S/C20H23N3O2/c24-19(12-15-4-1-2-5-15)22-13-16-7-9-18(10-8-16)23-20(25)17-6-3-11-21-14-17/h3,6-11,14-15H,1-2,4-5,12-13H2,(H,22,24)(H,23,25). The normalized spacial score (nSPS) is 14.2. The van der Waals surface area contributed by atoms with Gasteiger partial charge in [0.05, 0.1) is 5.56 Å². The van der Waals surface area contributed by atoms with Gasteiger partial charge in [0, 0.05) is 31.0 Å². The van der Waals surface area contributed by atoms with Gasteiger partial charge in [-0.2, -0.15) is 0 Å². The van der Waals surface area contributed by atoms with Gasteiger partial charge in [-0.25, -0.2) is 0 Å². The number of amides is 2. The van der Waals surface area contributed by atoms with Gasteiger partial charge in [-0.05, 0) is 48.6 Å². The van der Waals surface area contributed by atoms with Crippen LogP contribution in [0.4, 0.5) is 5.69 Å². The van der Waals surface area contributed by atoms with Crippen LogP contribution in [0.1, 0.15) is 48.0 Å². The van der Waals surface area contributed by atoms with Crippen molar-refractivity contribution in [2.24, 2.45) is 5.92 Å². The third-order valence-corrected chi connectivity index (χ3v) is 4.57. The van der Waals surface area contributed by atoms with E-state index in [-0.39, 0.29) is 11.8 Å². The number of aromatic nitrogens is 1. The number of anilines is 1. The highest BCUT2D eigenvalue weighted by Gasteiger charge is 2.18. The highest BCUT2D eigenvalue weighted by atomic mass is 16.2. The van der Waals surface area contributed by atoms with Crippen molar-refractivity contribution in [2.75, 3.05) is 5.32 Å². The predicted octanol–water partition coefficient (Wildman–Crippen LogP) is 3.53. The summed E-state index contributed by atoms with van der Waals surface area (Å²) >= 11 is 0. The van der Waals surface area contributed by atoms with Crippen molar-refractivity contribution in [1.82, 2.24) is 10.3 Å². The van der Waals surface area contributed by atoms with Gasteiger partial charge in [-0.15, -0.1) is 0 Å². The smallest absolute Gasteiger partial charge is 0.257 e. The van der Waals surface area contributed by atoms with Gasteiger partial charge in [-0.3, -0.25) is 14.6 Å². The van der Waals surface area contributed by atoms with E-state index in [0.29, 0.717) is 24.4 Å². The van der Waals surface area contributed by atoms with Gasteiger partial charge in [0.1, 0.15) is 0 Å². The van der Waals surface area contributed by atoms with Crippen LogP contribution in [0.25, 0.3) is 0 Å². The molecule has 5 nitrogen and oxygen atoms in total. The molecule has 0 unspecified atom stereocenters. The Bertz CT molecular complexity index is 707. The first-order chi connectivity index (χ1) is 12.2. The molecule has 1 aromatic carbocycles. The van der Waals surface area contributed by atoms with Crippen molar-refractivity contribution in [2.45, 2.75) is 38.6 Å². The zero-order valence-corrected chi connectivity index (χ0v) is 14.2. The van der Waals surface area contributed by atoms with Gasteiger partial charge in [0.15, 0.2) is 0 Å². The summed E-state index contributed by atoms with van der Waals surface area (Å²) in [6, 6.07) is 11.0. The second kappa shape index (κ2) is 8.42. The monoisotopic (exact) mass is 337 g/mol. The maximum atomic E-state index is 12.1. The Hall–Kier alpha value is -2.69. The fourth-order valence-electron chi connectivity index (χ4n) is 3.16. The second-order valence-electron chi connectivity index (χ2n) is 6.52. The molecule has 0 bridgehead atoms. The van der Waals surface area contributed by atoms with E-state index in [1.165, 1.54) is 31.9 Å². The van der Waals surface area contributed by atoms with Crippen molar-refractivity contribution in [3.8, 4) is 0 Å². The third kappa shape index (κ3) is 5.14. The molecule has 2 aromatic rings. The molecule has 1 heterocycles. The van der Waals surface area contributed by atoms with Crippen molar-refractivity contribution in [3.63, 3.8) is 0 Å². The number of hydrogen-bond acceptors (Lipinski definition) is 3. The molecule has 0 spiro atoms. The van der Waals surface area contributed by atoms with Crippen LogP contribution in [-0.4, -0.2) is 16.8 Å². The van der Waals surface area contributed by atoms with Gasteiger partial charge in [0.25, 0.3) is 5.91 Å². The molecule has 2 N–H and O–H groups in total. The molecule has 0 radical (unpaired) electrons. The summed E-state index contributed by atoms with van der Waals surface area (Å²) in [6.45, 7) is 0.516. The fraction of sp³-hybridized carbons (Fsp3) is 0.350. The minimum atomic E-state index is -0.189. The highest BCUT2D eigenvalue weighted by molar-refractivity contribution is 6.03. The molecule has 25 heavy (non-hydrogen) atoms. The molecule has 1 aliphatic carbocycles. The quantitative estimate of drug-likeness (QED) is 0.847. The van der Waals surface area contributed by atoms with E-state index in [9.17, 15) is 9.59 Å². The molecule has 1 aromatic heterocycles. The number of nitrogens with one attached hydrogen (secondary N) is 2. The lowest BCUT2D eigenvalue weighted by Gasteiger charge is -2.10. The predicted molar refractivity (Wildman–Crippen MR) is 97.1 cm³/mol. The Morgan fingerprint density at radius 2 is 1.84 bits per heavy atom. The number of carbonyl (C=O) groups is 2. The summed E-state index contributed by atoms with van der Waals surface area (Å²) in [5.41, 5.74) is 2.25. The molecule has 130 valence electrons. The van der Waals surface area contributed by atoms with Crippen LogP contribution >= 0.6 is 0 Å². The molecule has 2 amide bonds. The average Bonchev–Trinajstić information content (AvgIpc) is 3.15. The minimum absolute atomic E-state index is 0.126. The maximum Gasteiger partial charge on any atom is 0.257 e. The van der Waals surface area contributed by atoms with Crippen LogP contribution in [0.2, 0.25) is 0 Å². The van der Waals surface area contributed by atoms with E-state index >= 15 is 0 Å². The van der Waals surface area contributed by atoms with Gasteiger partial charge >= 0.3 is 0 Å². The molecule has 0 atom stereocenters. The number of benzene rings is 1. The lowest BCUT2D eigenvalue weighted by atomic mass is 10.0. The lowest BCUT2D eigenvalue weighted by molar-refractivity contribution is -0.122. The van der Waals surface area contributed by atoms with E-state index in [2.05, 4.69) is 15.6 Å². The van der Waals surface area contributed by atoms with Crippen LogP contribution in [0.3, 0.4) is 0 Å². The molecule has 1 aliphatic rings. The Balaban J connectivity index is 1.47. The zero-order valence-electron chi connectivity index (χ0n) is 14.2. The molecule has 5 heteroatoms. The summed E-state index contributed by atoms with van der Waals surface area (Å²) < 4.78 is 0. The summed E-state index contributed by atoms with van der Waals surface area (Å²) in [7, 11) is 0. The maximum absolute atomic E-state index is 12.1. The summed E-state index contributed by atoms with van der Waals surface area (Å²) in [5, 5.41) is 5.81. The first kappa shape index (κ1) is 17.1. The summed E-state index contributed by atoms with van der Waals surface area (Å²) in [5.74, 6) is 0.497. The van der Waals surface area contributed by atoms with Crippen molar-refractivity contribution < 1.29 is 9.59 Å². The molecule has 0 aliphatic heterocycles. The van der Waals surface area contributed by atoms with E-state index in [1.54, 1.807) is 18.3 Å². The van der Waals surface area contributed by atoms with Crippen LogP contribution in [-0.2, 0) is 11.3 Å². The minimum Gasteiger partial charge on any atom is -0.352 e. The molecule has 1 fully saturated rings. The lowest BCUT2D eigenvalue weighted by Crippen LogP contribution is -2.24. The summed E-state index contributed by atoms with van der Waals surface area (Å²) in [6.07, 6.45) is 8.67. The number of hydrogen-bond donors (Lipinski definition) is 2. The van der Waals surface area contributed by atoms with Crippen LogP contribution in [0.5, 0.6) is 0 Å². The van der Waals surface area contributed by atoms with Crippen molar-refractivity contribution in [1.29, 1.82) is 0 Å². The first-order valence-electron chi connectivity index (χ1n) is 8.78. The number of carbonyl (C=O) groups excluding carboxylic acids is 2. The molecular formula is C20H23N3O2. The Labute approximate surface area is 147 Å². The van der Waals surface area contributed by atoms with E-state index in [1.807, 2.05) is 24.3 Å². The van der Waals surface area contributed by atoms with E-state index in [4.69, 9.17) is 0 Å². The topological polar surface area (TPSA) is 71.1 Å². The Kier molecular flexibility index (Phi) is 5.77. The Morgan fingerprint density at radius 1 is 1.08 bits per heavy atom. The van der Waals surface area contributed by atoms with Gasteiger partial charge in [0.2, 0.25) is 5.91 Å². The molecular weight excluding hydrogens is 314 g/mol. The number of nitrogens with zero attached hydrogens (tertiary/aromatic N) is 1. The SMILES string of the molecule is O=C(CC1CCCC1)NCc1ccc(NC(=O)c2cccnc2)cc1. The van der Waals surface area contributed by atoms with Crippen LogP contribution < -0.4 is 10.6 Å². The largest absolute Gasteiger partial charge is 0.352 e. The third-order valence-electron chi connectivity index (χ3n) is 4.57. The van der Waals surface area contributed by atoms with Gasteiger partial charge < -0.3 is 10.6 Å². The Morgan fingerprint density at radius 3 is 2.52 bits per heavy atom. The molecule has 0 saturated heterocycles. The second-order valence-corrected chi connectivity index (χ2v) is 6.52. The molecule has 1 saturated carbocycles.